The molecule has 1 nitrogen and oxygen atoms in total. The van der Waals surface area contributed by atoms with Gasteiger partial charge in [-0.1, -0.05) is 60.3 Å². The van der Waals surface area contributed by atoms with Crippen molar-refractivity contribution in [3.63, 3.8) is 0 Å². The van der Waals surface area contributed by atoms with Crippen LogP contribution in [0.2, 0.25) is 0 Å². The van der Waals surface area contributed by atoms with Crippen LogP contribution in [0, 0.1) is 0 Å². The number of alkyl halides is 2. The highest BCUT2D eigenvalue weighted by atomic mass is 35.5. The predicted octanol–water partition coefficient (Wildman–Crippen LogP) is 4.89. The number of halogens is 2. The van der Waals surface area contributed by atoms with E-state index >= 15 is 0 Å². The van der Waals surface area contributed by atoms with E-state index in [1.165, 1.54) is 0 Å². The molecule has 0 unspecified atom stereocenters. The van der Waals surface area contributed by atoms with Crippen molar-refractivity contribution in [1.82, 2.24) is 0 Å². The molecule has 0 heterocycles. The lowest BCUT2D eigenvalue weighted by Gasteiger charge is -2.14. The van der Waals surface area contributed by atoms with Crippen LogP contribution in [0.1, 0.15) is 10.9 Å². The lowest BCUT2D eigenvalue weighted by atomic mass is 10.1. The first-order valence-electron chi connectivity index (χ1n) is 5.78. The Balaban J connectivity index is 2.03. The molecule has 19 heavy (non-hydrogen) atoms. The second-order valence-electron chi connectivity index (χ2n) is 3.95. The van der Waals surface area contributed by atoms with Crippen molar-refractivity contribution in [3.05, 3.63) is 66.2 Å². The first-order valence-corrected chi connectivity index (χ1v) is 7.47. The lowest BCUT2D eigenvalue weighted by molar-refractivity contribution is -0.110. The molecule has 0 radical (unpaired) electrons. The van der Waals surface area contributed by atoms with Gasteiger partial charge >= 0.3 is 0 Å². The molecule has 0 aliphatic rings. The molecule has 0 aromatic heterocycles. The summed E-state index contributed by atoms with van der Waals surface area (Å²) in [6, 6.07) is 18.8. The van der Waals surface area contributed by atoms with Gasteiger partial charge < -0.3 is 0 Å². The van der Waals surface area contributed by atoms with Gasteiger partial charge in [0.15, 0.2) is 0 Å². The van der Waals surface area contributed by atoms with Gasteiger partial charge in [-0.2, -0.15) is 0 Å². The molecule has 2 aromatic carbocycles. The third kappa shape index (κ3) is 4.00. The second kappa shape index (κ2) is 6.99. The van der Waals surface area contributed by atoms with Gasteiger partial charge in [0, 0.05) is 4.90 Å². The average Bonchev–Trinajstić information content (AvgIpc) is 2.47. The fourth-order valence-electron chi connectivity index (χ4n) is 1.59. The van der Waals surface area contributed by atoms with Gasteiger partial charge in [-0.25, -0.2) is 0 Å². The quantitative estimate of drug-likeness (QED) is 0.590. The fourth-order valence-corrected chi connectivity index (χ4v) is 2.97. The Hall–Kier alpha value is -0.960. The average molecular weight is 311 g/mol. The van der Waals surface area contributed by atoms with E-state index in [9.17, 15) is 4.79 Å². The van der Waals surface area contributed by atoms with Gasteiger partial charge in [0.2, 0.25) is 5.12 Å². The highest BCUT2D eigenvalue weighted by Gasteiger charge is 2.26. The van der Waals surface area contributed by atoms with Crippen molar-refractivity contribution >= 4 is 40.1 Å². The van der Waals surface area contributed by atoms with Crippen LogP contribution in [0.4, 0.5) is 0 Å². The van der Waals surface area contributed by atoms with Gasteiger partial charge in [-0.3, -0.25) is 4.79 Å². The van der Waals surface area contributed by atoms with E-state index in [0.717, 1.165) is 22.2 Å². The summed E-state index contributed by atoms with van der Waals surface area (Å²) in [4.78, 5) is 12.9. The van der Waals surface area contributed by atoms with Crippen LogP contribution in [0.5, 0.6) is 0 Å². The zero-order valence-corrected chi connectivity index (χ0v) is 12.3. The smallest absolute Gasteiger partial charge is 0.213 e. The number of rotatable bonds is 4. The summed E-state index contributed by atoms with van der Waals surface area (Å²) in [6.07, 6.45) is 0. The van der Waals surface area contributed by atoms with E-state index in [1.807, 2.05) is 60.7 Å². The molecule has 2 atom stereocenters. The molecule has 0 aliphatic heterocycles. The normalized spacial score (nSPS) is 13.8. The molecule has 98 valence electrons. The van der Waals surface area contributed by atoms with E-state index in [1.54, 1.807) is 0 Å². The SMILES string of the molecule is O=C(Sc1ccccc1)[C@@H](Cl)[C@@H](Cl)c1ccccc1. The summed E-state index contributed by atoms with van der Waals surface area (Å²) in [7, 11) is 0. The maximum Gasteiger partial charge on any atom is 0.213 e. The summed E-state index contributed by atoms with van der Waals surface area (Å²) in [6.45, 7) is 0. The molecule has 0 saturated carbocycles. The van der Waals surface area contributed by atoms with Crippen LogP contribution in [0.25, 0.3) is 0 Å². The topological polar surface area (TPSA) is 17.1 Å². The molecule has 0 N–H and O–H groups in total. The predicted molar refractivity (Wildman–Crippen MR) is 82.0 cm³/mol. The van der Waals surface area contributed by atoms with Crippen molar-refractivity contribution in [2.24, 2.45) is 0 Å². The summed E-state index contributed by atoms with van der Waals surface area (Å²) >= 11 is 13.5. The van der Waals surface area contributed by atoms with E-state index in [2.05, 4.69) is 0 Å². The maximum absolute atomic E-state index is 12.1. The number of carbonyl (C=O) groups is 1. The van der Waals surface area contributed by atoms with Crippen LogP contribution < -0.4 is 0 Å². The minimum absolute atomic E-state index is 0.142. The highest BCUT2D eigenvalue weighted by Crippen LogP contribution is 2.33. The van der Waals surface area contributed by atoms with Crippen molar-refractivity contribution in [2.45, 2.75) is 15.6 Å². The van der Waals surface area contributed by atoms with Crippen molar-refractivity contribution in [2.75, 3.05) is 0 Å². The Morgan fingerprint density at radius 1 is 0.895 bits per heavy atom. The Bertz CT molecular complexity index is 530. The van der Waals surface area contributed by atoms with Gasteiger partial charge in [0.1, 0.15) is 5.38 Å². The zero-order valence-electron chi connectivity index (χ0n) is 10.0. The molecule has 0 saturated heterocycles. The first kappa shape index (κ1) is 14.4. The van der Waals surface area contributed by atoms with Crippen LogP contribution in [-0.2, 0) is 4.79 Å². The lowest BCUT2D eigenvalue weighted by Crippen LogP contribution is -2.16. The summed E-state index contributed by atoms with van der Waals surface area (Å²) in [5.41, 5.74) is 0.853. The number of hydrogen-bond donors (Lipinski definition) is 0. The molecule has 2 rings (SSSR count). The molecule has 0 fully saturated rings. The van der Waals surface area contributed by atoms with Crippen LogP contribution in [-0.4, -0.2) is 10.5 Å². The standard InChI is InChI=1S/C15H12Cl2OS/c16-13(11-7-3-1-4-8-11)14(17)15(18)19-12-9-5-2-6-10-12/h1-10,13-14H/t13-,14-/m0/s1. The molecule has 0 spiro atoms. The minimum Gasteiger partial charge on any atom is -0.285 e. The molecule has 2 aromatic rings. The minimum atomic E-state index is -0.755. The molecule has 0 bridgehead atoms. The van der Waals surface area contributed by atoms with Gasteiger partial charge in [-0.05, 0) is 17.7 Å². The Labute approximate surface area is 126 Å². The largest absolute Gasteiger partial charge is 0.285 e. The summed E-state index contributed by atoms with van der Waals surface area (Å²) in [5.74, 6) is 0. The van der Waals surface area contributed by atoms with E-state index < -0.39 is 10.8 Å². The third-order valence-corrected chi connectivity index (χ3v) is 4.74. The molecular formula is C15H12Cl2OS. The van der Waals surface area contributed by atoms with E-state index in [-0.39, 0.29) is 5.12 Å². The highest BCUT2D eigenvalue weighted by molar-refractivity contribution is 8.14. The Kier molecular flexibility index (Phi) is 5.32. The summed E-state index contributed by atoms with van der Waals surface area (Å²) < 4.78 is 0. The molecular weight excluding hydrogens is 299 g/mol. The molecule has 4 heteroatoms. The third-order valence-electron chi connectivity index (χ3n) is 2.56. The van der Waals surface area contributed by atoms with Gasteiger partial charge in [-0.15, -0.1) is 23.2 Å². The van der Waals surface area contributed by atoms with Crippen molar-refractivity contribution < 1.29 is 4.79 Å². The first-order chi connectivity index (χ1) is 9.18. The molecule has 0 aliphatic carbocycles. The second-order valence-corrected chi connectivity index (χ2v) is 5.97. The molecule has 0 amide bonds. The number of carbonyl (C=O) groups excluding carboxylic acids is 1. The summed E-state index contributed by atoms with van der Waals surface area (Å²) in [5, 5.41) is -1.42. The number of thioether (sulfide) groups is 1. The van der Waals surface area contributed by atoms with Gasteiger partial charge in [0.05, 0.1) is 5.38 Å². The van der Waals surface area contributed by atoms with Crippen LogP contribution in [0.15, 0.2) is 65.6 Å². The van der Waals surface area contributed by atoms with Gasteiger partial charge in [0.25, 0.3) is 0 Å². The number of hydrogen-bond acceptors (Lipinski definition) is 2. The van der Waals surface area contributed by atoms with E-state index in [4.69, 9.17) is 23.2 Å². The fraction of sp³-hybridized carbons (Fsp3) is 0.133. The number of benzene rings is 2. The zero-order chi connectivity index (χ0) is 13.7. The van der Waals surface area contributed by atoms with Crippen molar-refractivity contribution in [3.8, 4) is 0 Å². The monoisotopic (exact) mass is 310 g/mol. The van der Waals surface area contributed by atoms with Crippen LogP contribution >= 0.6 is 35.0 Å². The van der Waals surface area contributed by atoms with Crippen molar-refractivity contribution in [1.29, 1.82) is 0 Å². The maximum atomic E-state index is 12.1. The Morgan fingerprint density at radius 3 is 2.00 bits per heavy atom. The van der Waals surface area contributed by atoms with Crippen LogP contribution in [0.3, 0.4) is 0 Å². The Morgan fingerprint density at radius 2 is 1.42 bits per heavy atom. The van der Waals surface area contributed by atoms with E-state index in [0.29, 0.717) is 0 Å².